The Morgan fingerprint density at radius 1 is 0.520 bits per heavy atom. The molecule has 0 rings (SSSR count). The lowest BCUT2D eigenvalue weighted by Crippen LogP contribution is -2.32. The SMILES string of the molecule is CCCCCCCCCCN(CCCCCCCCCC)C(=O)CC. The molecule has 0 aromatic carbocycles. The summed E-state index contributed by atoms with van der Waals surface area (Å²) in [5, 5.41) is 0. The number of hydrogen-bond acceptors (Lipinski definition) is 1. The van der Waals surface area contributed by atoms with Crippen LogP contribution in [0.15, 0.2) is 0 Å². The van der Waals surface area contributed by atoms with E-state index < -0.39 is 0 Å². The van der Waals surface area contributed by atoms with Gasteiger partial charge in [0.25, 0.3) is 0 Å². The van der Waals surface area contributed by atoms with Crippen molar-refractivity contribution in [2.75, 3.05) is 13.1 Å². The van der Waals surface area contributed by atoms with Gasteiger partial charge in [0.15, 0.2) is 0 Å². The molecule has 0 bridgehead atoms. The maximum absolute atomic E-state index is 12.1. The predicted octanol–water partition coefficient (Wildman–Crippen LogP) is 7.51. The van der Waals surface area contributed by atoms with Crippen molar-refractivity contribution in [2.45, 2.75) is 130 Å². The van der Waals surface area contributed by atoms with Crippen LogP contribution in [0.5, 0.6) is 0 Å². The first-order chi connectivity index (χ1) is 12.3. The summed E-state index contributed by atoms with van der Waals surface area (Å²) < 4.78 is 0. The smallest absolute Gasteiger partial charge is 0.222 e. The highest BCUT2D eigenvalue weighted by atomic mass is 16.2. The molecule has 0 heterocycles. The molecule has 0 spiro atoms. The Bertz CT molecular complexity index is 257. The summed E-state index contributed by atoms with van der Waals surface area (Å²) in [6, 6.07) is 0. The number of unbranched alkanes of at least 4 members (excludes halogenated alkanes) is 14. The van der Waals surface area contributed by atoms with Gasteiger partial charge in [0, 0.05) is 19.5 Å². The molecule has 1 amide bonds. The normalized spacial score (nSPS) is 11.0. The Labute approximate surface area is 159 Å². The van der Waals surface area contributed by atoms with Crippen molar-refractivity contribution in [2.24, 2.45) is 0 Å². The Morgan fingerprint density at radius 3 is 1.16 bits per heavy atom. The average molecular weight is 354 g/mol. The van der Waals surface area contributed by atoms with Gasteiger partial charge in [0.05, 0.1) is 0 Å². The number of amides is 1. The molecule has 2 heteroatoms. The summed E-state index contributed by atoms with van der Waals surface area (Å²) in [5.74, 6) is 0.353. The standard InChI is InChI=1S/C23H47NO/c1-4-7-9-11-13-15-17-19-21-24(23(25)6-3)22-20-18-16-14-12-10-8-5-2/h4-22H2,1-3H3. The van der Waals surface area contributed by atoms with Crippen molar-refractivity contribution >= 4 is 5.91 Å². The fourth-order valence-corrected chi connectivity index (χ4v) is 3.46. The van der Waals surface area contributed by atoms with Gasteiger partial charge >= 0.3 is 0 Å². The molecule has 0 aromatic heterocycles. The zero-order valence-electron chi connectivity index (χ0n) is 17.8. The summed E-state index contributed by atoms with van der Waals surface area (Å²) in [7, 11) is 0. The number of carbonyl (C=O) groups excluding carboxylic acids is 1. The molecule has 0 radical (unpaired) electrons. The van der Waals surface area contributed by atoms with E-state index in [9.17, 15) is 4.79 Å². The number of carbonyl (C=O) groups is 1. The van der Waals surface area contributed by atoms with Gasteiger partial charge in [0.1, 0.15) is 0 Å². The molecule has 0 aliphatic rings. The van der Waals surface area contributed by atoms with Crippen LogP contribution >= 0.6 is 0 Å². The quantitative estimate of drug-likeness (QED) is 0.220. The number of hydrogen-bond donors (Lipinski definition) is 0. The van der Waals surface area contributed by atoms with E-state index in [0.29, 0.717) is 12.3 Å². The lowest BCUT2D eigenvalue weighted by atomic mass is 10.1. The van der Waals surface area contributed by atoms with E-state index in [4.69, 9.17) is 0 Å². The molecule has 0 N–H and O–H groups in total. The first kappa shape index (κ1) is 24.5. The van der Waals surface area contributed by atoms with Gasteiger partial charge in [-0.2, -0.15) is 0 Å². The maximum Gasteiger partial charge on any atom is 0.222 e. The molecule has 0 unspecified atom stereocenters. The molecular weight excluding hydrogens is 306 g/mol. The molecule has 0 aromatic rings. The van der Waals surface area contributed by atoms with Crippen LogP contribution in [-0.4, -0.2) is 23.9 Å². The van der Waals surface area contributed by atoms with Crippen molar-refractivity contribution < 1.29 is 4.79 Å². The van der Waals surface area contributed by atoms with Gasteiger partial charge in [-0.05, 0) is 12.8 Å². The molecule has 2 nitrogen and oxygen atoms in total. The van der Waals surface area contributed by atoms with Gasteiger partial charge in [-0.3, -0.25) is 4.79 Å². The highest BCUT2D eigenvalue weighted by Crippen LogP contribution is 2.11. The van der Waals surface area contributed by atoms with E-state index in [2.05, 4.69) is 18.7 Å². The molecule has 0 fully saturated rings. The Hall–Kier alpha value is -0.530. The lowest BCUT2D eigenvalue weighted by Gasteiger charge is -2.22. The van der Waals surface area contributed by atoms with Crippen LogP contribution in [0, 0.1) is 0 Å². The van der Waals surface area contributed by atoms with Gasteiger partial charge in [-0.15, -0.1) is 0 Å². The summed E-state index contributed by atoms with van der Waals surface area (Å²) in [6.45, 7) is 8.50. The van der Waals surface area contributed by atoms with E-state index in [1.807, 2.05) is 6.92 Å². The third-order valence-electron chi connectivity index (χ3n) is 5.22. The fourth-order valence-electron chi connectivity index (χ4n) is 3.46. The van der Waals surface area contributed by atoms with Gasteiger partial charge in [-0.25, -0.2) is 0 Å². The third kappa shape index (κ3) is 16.7. The second-order valence-electron chi connectivity index (χ2n) is 7.68. The zero-order chi connectivity index (χ0) is 18.6. The van der Waals surface area contributed by atoms with Crippen molar-refractivity contribution in [1.29, 1.82) is 0 Å². The minimum atomic E-state index is 0.353. The van der Waals surface area contributed by atoms with E-state index in [1.165, 1.54) is 103 Å². The van der Waals surface area contributed by atoms with Crippen LogP contribution in [0.25, 0.3) is 0 Å². The third-order valence-corrected chi connectivity index (χ3v) is 5.22. The molecule has 0 saturated carbocycles. The molecule has 25 heavy (non-hydrogen) atoms. The van der Waals surface area contributed by atoms with Crippen molar-refractivity contribution in [1.82, 2.24) is 4.90 Å². The zero-order valence-corrected chi connectivity index (χ0v) is 17.8. The maximum atomic E-state index is 12.1. The van der Waals surface area contributed by atoms with Gasteiger partial charge in [0.2, 0.25) is 5.91 Å². The van der Waals surface area contributed by atoms with Crippen LogP contribution < -0.4 is 0 Å². The largest absolute Gasteiger partial charge is 0.343 e. The predicted molar refractivity (Wildman–Crippen MR) is 112 cm³/mol. The highest BCUT2D eigenvalue weighted by Gasteiger charge is 2.10. The first-order valence-electron chi connectivity index (χ1n) is 11.5. The minimum Gasteiger partial charge on any atom is -0.343 e. The molecule has 0 aliphatic carbocycles. The Kier molecular flexibility index (Phi) is 19.4. The number of nitrogens with zero attached hydrogens (tertiary/aromatic N) is 1. The van der Waals surface area contributed by atoms with Crippen LogP contribution in [-0.2, 0) is 4.79 Å². The molecule has 0 atom stereocenters. The van der Waals surface area contributed by atoms with Gasteiger partial charge < -0.3 is 4.90 Å². The highest BCUT2D eigenvalue weighted by molar-refractivity contribution is 5.75. The van der Waals surface area contributed by atoms with E-state index in [0.717, 1.165) is 13.1 Å². The summed E-state index contributed by atoms with van der Waals surface area (Å²) in [5.41, 5.74) is 0. The van der Waals surface area contributed by atoms with Crippen LogP contribution in [0.2, 0.25) is 0 Å². The van der Waals surface area contributed by atoms with Crippen molar-refractivity contribution in [3.8, 4) is 0 Å². The van der Waals surface area contributed by atoms with Gasteiger partial charge in [-0.1, -0.05) is 111 Å². The van der Waals surface area contributed by atoms with Crippen molar-refractivity contribution in [3.05, 3.63) is 0 Å². The minimum absolute atomic E-state index is 0.353. The Balaban J connectivity index is 3.64. The van der Waals surface area contributed by atoms with Crippen LogP contribution in [0.3, 0.4) is 0 Å². The molecule has 0 saturated heterocycles. The van der Waals surface area contributed by atoms with Crippen LogP contribution in [0.4, 0.5) is 0 Å². The van der Waals surface area contributed by atoms with E-state index in [1.54, 1.807) is 0 Å². The average Bonchev–Trinajstić information content (AvgIpc) is 2.63. The summed E-state index contributed by atoms with van der Waals surface area (Å²) >= 11 is 0. The summed E-state index contributed by atoms with van der Waals surface area (Å²) in [6.07, 6.45) is 22.1. The molecule has 0 aliphatic heterocycles. The van der Waals surface area contributed by atoms with E-state index >= 15 is 0 Å². The molecular formula is C23H47NO. The second-order valence-corrected chi connectivity index (χ2v) is 7.68. The second kappa shape index (κ2) is 19.8. The fraction of sp³-hybridized carbons (Fsp3) is 0.957. The van der Waals surface area contributed by atoms with Crippen LogP contribution in [0.1, 0.15) is 130 Å². The van der Waals surface area contributed by atoms with Crippen molar-refractivity contribution in [3.63, 3.8) is 0 Å². The van der Waals surface area contributed by atoms with E-state index in [-0.39, 0.29) is 0 Å². The first-order valence-corrected chi connectivity index (χ1v) is 11.5. The lowest BCUT2D eigenvalue weighted by molar-refractivity contribution is -0.131. The number of rotatable bonds is 19. The summed E-state index contributed by atoms with van der Waals surface area (Å²) in [4.78, 5) is 14.2. The topological polar surface area (TPSA) is 20.3 Å². The molecule has 150 valence electrons. The monoisotopic (exact) mass is 353 g/mol. The Morgan fingerprint density at radius 2 is 0.840 bits per heavy atom.